The summed E-state index contributed by atoms with van der Waals surface area (Å²) in [6.07, 6.45) is 3.24. The number of anilines is 1. The van der Waals surface area contributed by atoms with Crippen LogP contribution in [0.4, 0.5) is 5.13 Å². The number of para-hydroxylation sites is 1. The monoisotopic (exact) mass is 335 g/mol. The Balaban J connectivity index is 1.59. The second-order valence-corrected chi connectivity index (χ2v) is 6.69. The van der Waals surface area contributed by atoms with Gasteiger partial charge in [0.2, 0.25) is 0 Å². The van der Waals surface area contributed by atoms with Gasteiger partial charge in [-0.3, -0.25) is 0 Å². The zero-order valence-electron chi connectivity index (χ0n) is 13.5. The van der Waals surface area contributed by atoms with Crippen LogP contribution in [0.2, 0.25) is 0 Å². The second-order valence-electron chi connectivity index (χ2n) is 5.68. The van der Waals surface area contributed by atoms with Crippen molar-refractivity contribution >= 4 is 26.7 Å². The largest absolute Gasteiger partial charge is 0.344 e. The average molecular weight is 335 g/mol. The molecule has 2 aromatic carbocycles. The van der Waals surface area contributed by atoms with Crippen LogP contribution in [0.5, 0.6) is 0 Å². The van der Waals surface area contributed by atoms with Crippen LogP contribution in [0, 0.1) is 0 Å². The van der Waals surface area contributed by atoms with Crippen LogP contribution >= 0.6 is 11.3 Å². The van der Waals surface area contributed by atoms with Gasteiger partial charge in [0, 0.05) is 7.05 Å². The van der Waals surface area contributed by atoms with E-state index < -0.39 is 0 Å². The van der Waals surface area contributed by atoms with Crippen LogP contribution in [-0.4, -0.2) is 26.8 Å². The van der Waals surface area contributed by atoms with Gasteiger partial charge in [-0.1, -0.05) is 35.6 Å². The molecule has 120 valence electrons. The molecule has 6 heteroatoms. The third kappa shape index (κ3) is 2.65. The van der Waals surface area contributed by atoms with E-state index in [0.29, 0.717) is 0 Å². The summed E-state index contributed by atoms with van der Waals surface area (Å²) in [6.45, 7) is 2.19. The molecule has 0 amide bonds. The Morgan fingerprint density at radius 3 is 2.58 bits per heavy atom. The maximum absolute atomic E-state index is 4.74. The first-order valence-electron chi connectivity index (χ1n) is 7.76. The number of benzene rings is 2. The first-order valence-corrected chi connectivity index (χ1v) is 8.57. The third-order valence-electron chi connectivity index (χ3n) is 4.22. The van der Waals surface area contributed by atoms with Crippen molar-refractivity contribution in [1.29, 1.82) is 0 Å². The van der Waals surface area contributed by atoms with Crippen molar-refractivity contribution in [2.24, 2.45) is 0 Å². The Labute approximate surface area is 144 Å². The van der Waals surface area contributed by atoms with Crippen molar-refractivity contribution in [2.75, 3.05) is 11.9 Å². The molecule has 0 saturated carbocycles. The lowest BCUT2D eigenvalue weighted by Gasteiger charge is -2.24. The predicted octanol–water partition coefficient (Wildman–Crippen LogP) is 4.07. The molecule has 2 heterocycles. The predicted molar refractivity (Wildman–Crippen MR) is 97.8 cm³/mol. The van der Waals surface area contributed by atoms with Gasteiger partial charge in [0.15, 0.2) is 5.13 Å². The van der Waals surface area contributed by atoms with Crippen LogP contribution in [0.1, 0.15) is 18.5 Å². The Hall–Kier alpha value is -2.73. The highest BCUT2D eigenvalue weighted by atomic mass is 32.1. The molecule has 0 saturated heterocycles. The Kier molecular flexibility index (Phi) is 3.74. The van der Waals surface area contributed by atoms with Crippen molar-refractivity contribution in [3.05, 3.63) is 66.7 Å². The summed E-state index contributed by atoms with van der Waals surface area (Å²) >= 11 is 1.72. The Bertz CT molecular complexity index is 910. The summed E-state index contributed by atoms with van der Waals surface area (Å²) < 4.78 is 2.97. The minimum Gasteiger partial charge on any atom is -0.344 e. The molecule has 0 aliphatic rings. The van der Waals surface area contributed by atoms with E-state index in [1.807, 2.05) is 6.07 Å². The highest BCUT2D eigenvalue weighted by molar-refractivity contribution is 7.22. The van der Waals surface area contributed by atoms with E-state index in [0.717, 1.165) is 16.3 Å². The standard InChI is InChI=1S/C18H17N5S/c1-13(14-7-9-15(10-8-14)23-12-19-11-20-23)22(2)18-21-16-5-3-4-6-17(16)24-18/h3-13H,1-2H3. The highest BCUT2D eigenvalue weighted by Gasteiger charge is 2.16. The van der Waals surface area contributed by atoms with Crippen molar-refractivity contribution < 1.29 is 0 Å². The van der Waals surface area contributed by atoms with Gasteiger partial charge in [-0.25, -0.2) is 14.6 Å². The smallest absolute Gasteiger partial charge is 0.186 e. The molecule has 0 radical (unpaired) electrons. The number of nitrogens with zero attached hydrogens (tertiary/aromatic N) is 5. The number of thiazole rings is 1. The molecule has 0 aliphatic heterocycles. The molecule has 0 bridgehead atoms. The topological polar surface area (TPSA) is 46.8 Å². The van der Waals surface area contributed by atoms with E-state index >= 15 is 0 Å². The summed E-state index contributed by atoms with van der Waals surface area (Å²) in [5.74, 6) is 0. The molecular weight excluding hydrogens is 318 g/mol. The molecule has 4 rings (SSSR count). The van der Waals surface area contributed by atoms with Gasteiger partial charge < -0.3 is 4.90 Å². The summed E-state index contributed by atoms with van der Waals surface area (Å²) in [4.78, 5) is 10.9. The lowest BCUT2D eigenvalue weighted by Crippen LogP contribution is -2.21. The lowest BCUT2D eigenvalue weighted by atomic mass is 10.1. The van der Waals surface area contributed by atoms with Gasteiger partial charge in [0.05, 0.1) is 21.9 Å². The van der Waals surface area contributed by atoms with E-state index in [1.165, 1.54) is 16.6 Å². The fourth-order valence-electron chi connectivity index (χ4n) is 2.65. The quantitative estimate of drug-likeness (QED) is 0.564. The number of aromatic nitrogens is 4. The molecular formula is C18H17N5S. The van der Waals surface area contributed by atoms with Crippen LogP contribution in [0.25, 0.3) is 15.9 Å². The van der Waals surface area contributed by atoms with Crippen LogP contribution in [0.3, 0.4) is 0 Å². The molecule has 0 spiro atoms. The maximum atomic E-state index is 4.74. The zero-order chi connectivity index (χ0) is 16.5. The van der Waals surface area contributed by atoms with Crippen LogP contribution < -0.4 is 4.90 Å². The number of hydrogen-bond acceptors (Lipinski definition) is 5. The first kappa shape index (κ1) is 14.8. The van der Waals surface area contributed by atoms with Gasteiger partial charge in [-0.15, -0.1) is 0 Å². The maximum Gasteiger partial charge on any atom is 0.186 e. The summed E-state index contributed by atoms with van der Waals surface area (Å²) in [5, 5.41) is 5.19. The fraction of sp³-hybridized carbons (Fsp3) is 0.167. The highest BCUT2D eigenvalue weighted by Crippen LogP contribution is 2.32. The van der Waals surface area contributed by atoms with Crippen molar-refractivity contribution in [1.82, 2.24) is 19.7 Å². The SMILES string of the molecule is CC(c1ccc(-n2cncn2)cc1)N(C)c1nc2ccccc2s1. The van der Waals surface area contributed by atoms with E-state index in [1.54, 1.807) is 22.3 Å². The molecule has 0 aliphatic carbocycles. The summed E-state index contributed by atoms with van der Waals surface area (Å²) in [6, 6.07) is 16.9. The molecule has 0 fully saturated rings. The number of rotatable bonds is 4. The first-order chi connectivity index (χ1) is 11.7. The van der Waals surface area contributed by atoms with Gasteiger partial charge in [0.1, 0.15) is 12.7 Å². The lowest BCUT2D eigenvalue weighted by molar-refractivity contribution is 0.737. The minimum atomic E-state index is 0.232. The average Bonchev–Trinajstić information content (AvgIpc) is 3.30. The molecule has 4 aromatic rings. The van der Waals surface area contributed by atoms with E-state index in [-0.39, 0.29) is 6.04 Å². The van der Waals surface area contributed by atoms with Gasteiger partial charge >= 0.3 is 0 Å². The normalized spacial score (nSPS) is 12.4. The second kappa shape index (κ2) is 6.05. The molecule has 2 aromatic heterocycles. The van der Waals surface area contributed by atoms with Gasteiger partial charge in [-0.2, -0.15) is 5.10 Å². The Morgan fingerprint density at radius 2 is 1.88 bits per heavy atom. The van der Waals surface area contributed by atoms with E-state index in [4.69, 9.17) is 4.98 Å². The summed E-state index contributed by atoms with van der Waals surface area (Å²) in [5.41, 5.74) is 3.30. The number of fused-ring (bicyclic) bond motifs is 1. The van der Waals surface area contributed by atoms with Gasteiger partial charge in [-0.05, 0) is 36.8 Å². The van der Waals surface area contributed by atoms with Crippen molar-refractivity contribution in [2.45, 2.75) is 13.0 Å². The summed E-state index contributed by atoms with van der Waals surface area (Å²) in [7, 11) is 2.09. The molecule has 24 heavy (non-hydrogen) atoms. The van der Waals surface area contributed by atoms with Crippen LogP contribution in [-0.2, 0) is 0 Å². The molecule has 1 atom stereocenters. The minimum absolute atomic E-state index is 0.232. The van der Waals surface area contributed by atoms with E-state index in [2.05, 4.69) is 71.4 Å². The molecule has 5 nitrogen and oxygen atoms in total. The zero-order valence-corrected chi connectivity index (χ0v) is 14.3. The fourth-order valence-corrected chi connectivity index (χ4v) is 3.65. The van der Waals surface area contributed by atoms with Crippen molar-refractivity contribution in [3.63, 3.8) is 0 Å². The van der Waals surface area contributed by atoms with Gasteiger partial charge in [0.25, 0.3) is 0 Å². The Morgan fingerprint density at radius 1 is 1.08 bits per heavy atom. The number of hydrogen-bond donors (Lipinski definition) is 0. The molecule has 0 N–H and O–H groups in total. The van der Waals surface area contributed by atoms with Crippen molar-refractivity contribution in [3.8, 4) is 5.69 Å². The molecule has 1 unspecified atom stereocenters. The van der Waals surface area contributed by atoms with Crippen LogP contribution in [0.15, 0.2) is 61.2 Å². The van der Waals surface area contributed by atoms with E-state index in [9.17, 15) is 0 Å². The third-order valence-corrected chi connectivity index (χ3v) is 5.35.